The van der Waals surface area contributed by atoms with Crippen molar-refractivity contribution in [3.63, 3.8) is 0 Å². The van der Waals surface area contributed by atoms with E-state index in [0.717, 1.165) is 85.3 Å². The van der Waals surface area contributed by atoms with Crippen molar-refractivity contribution in [3.05, 3.63) is 72.7 Å². The zero-order valence-corrected chi connectivity index (χ0v) is 26.4. The molecule has 7 rings (SSSR count). The van der Waals surface area contributed by atoms with Crippen LogP contribution in [0.2, 0.25) is 0 Å². The molecular weight excluding hydrogens is 578 g/mol. The summed E-state index contributed by atoms with van der Waals surface area (Å²) >= 11 is 0. The van der Waals surface area contributed by atoms with Gasteiger partial charge in [-0.15, -0.1) is 0 Å². The van der Waals surface area contributed by atoms with Gasteiger partial charge < -0.3 is 19.7 Å². The van der Waals surface area contributed by atoms with Crippen molar-refractivity contribution in [2.75, 3.05) is 52.4 Å². The molecule has 3 aromatic heterocycles. The first-order valence-electron chi connectivity index (χ1n) is 16.5. The summed E-state index contributed by atoms with van der Waals surface area (Å²) in [7, 11) is 0. The van der Waals surface area contributed by atoms with Crippen LogP contribution in [0, 0.1) is 5.92 Å². The predicted molar refractivity (Wildman–Crippen MR) is 177 cm³/mol. The molecule has 3 fully saturated rings. The van der Waals surface area contributed by atoms with Gasteiger partial charge in [-0.2, -0.15) is 0 Å². The van der Waals surface area contributed by atoms with E-state index in [0.29, 0.717) is 37.8 Å². The normalized spacial score (nSPS) is 18.7. The van der Waals surface area contributed by atoms with E-state index < -0.39 is 0 Å². The summed E-state index contributed by atoms with van der Waals surface area (Å²) < 4.78 is 0. The summed E-state index contributed by atoms with van der Waals surface area (Å²) in [6, 6.07) is 16.3. The minimum Gasteiger partial charge on any atom is -0.361 e. The number of fused-ring (bicyclic) bond motifs is 1. The number of nitrogens with zero attached hydrogens (tertiary/aromatic N) is 6. The number of amides is 3. The highest BCUT2D eigenvalue weighted by Crippen LogP contribution is 2.29. The first-order chi connectivity index (χ1) is 22.4. The molecule has 1 aromatic carbocycles. The van der Waals surface area contributed by atoms with Crippen LogP contribution in [0.25, 0.3) is 33.4 Å². The lowest BCUT2D eigenvalue weighted by Gasteiger charge is -2.43. The highest BCUT2D eigenvalue weighted by atomic mass is 16.2. The van der Waals surface area contributed by atoms with E-state index in [9.17, 15) is 14.4 Å². The smallest absolute Gasteiger partial charge is 0.254 e. The van der Waals surface area contributed by atoms with E-state index in [2.05, 4.69) is 20.9 Å². The van der Waals surface area contributed by atoms with Crippen molar-refractivity contribution >= 4 is 28.6 Å². The van der Waals surface area contributed by atoms with Gasteiger partial charge in [-0.05, 0) is 68.1 Å². The SMILES string of the molecule is CC(=O)N1CCC(C(=O)N2CCC(N3CCN(C(=O)c4cc(-c5ccncc5)nc(-c5ccc6[nH]ccc6c5)c4)CC3)CC2)CC1. The van der Waals surface area contributed by atoms with E-state index in [-0.39, 0.29) is 23.6 Å². The van der Waals surface area contributed by atoms with Gasteiger partial charge in [0.25, 0.3) is 5.91 Å². The van der Waals surface area contributed by atoms with Crippen LogP contribution in [0.3, 0.4) is 0 Å². The van der Waals surface area contributed by atoms with Crippen LogP contribution in [-0.4, -0.2) is 111 Å². The molecule has 0 unspecified atom stereocenters. The van der Waals surface area contributed by atoms with Crippen molar-refractivity contribution in [1.29, 1.82) is 0 Å². The van der Waals surface area contributed by atoms with Gasteiger partial charge in [0, 0.05) is 117 Å². The molecule has 4 aromatic rings. The molecule has 0 saturated carbocycles. The Bertz CT molecular complexity index is 1710. The van der Waals surface area contributed by atoms with Crippen molar-refractivity contribution in [3.8, 4) is 22.5 Å². The van der Waals surface area contributed by atoms with Crippen LogP contribution in [0.1, 0.15) is 43.0 Å². The van der Waals surface area contributed by atoms with Gasteiger partial charge >= 0.3 is 0 Å². The van der Waals surface area contributed by atoms with Crippen molar-refractivity contribution in [2.24, 2.45) is 5.92 Å². The third-order valence-corrected chi connectivity index (χ3v) is 10.1. The summed E-state index contributed by atoms with van der Waals surface area (Å²) in [4.78, 5) is 59.5. The molecule has 6 heterocycles. The lowest BCUT2D eigenvalue weighted by molar-refractivity contribution is -0.141. The number of aromatic amines is 1. The number of carbonyl (C=O) groups is 3. The highest BCUT2D eigenvalue weighted by Gasteiger charge is 2.34. The van der Waals surface area contributed by atoms with E-state index in [1.54, 1.807) is 19.3 Å². The average molecular weight is 620 g/mol. The number of benzene rings is 1. The molecule has 46 heavy (non-hydrogen) atoms. The number of pyridine rings is 2. The van der Waals surface area contributed by atoms with Gasteiger partial charge in [0.1, 0.15) is 0 Å². The number of rotatable bonds is 5. The van der Waals surface area contributed by atoms with E-state index >= 15 is 0 Å². The molecule has 10 heteroatoms. The van der Waals surface area contributed by atoms with Crippen LogP contribution in [0.5, 0.6) is 0 Å². The number of nitrogens with one attached hydrogen (secondary N) is 1. The van der Waals surface area contributed by atoms with Crippen LogP contribution in [0.15, 0.2) is 67.1 Å². The van der Waals surface area contributed by atoms with E-state index in [4.69, 9.17) is 4.98 Å². The summed E-state index contributed by atoms with van der Waals surface area (Å²) in [6.45, 7) is 7.52. The quantitative estimate of drug-likeness (QED) is 0.357. The zero-order valence-electron chi connectivity index (χ0n) is 26.4. The summed E-state index contributed by atoms with van der Waals surface area (Å²) in [5.74, 6) is 0.413. The number of piperidine rings is 2. The number of aromatic nitrogens is 3. The predicted octanol–water partition coefficient (Wildman–Crippen LogP) is 4.30. The number of hydrogen-bond acceptors (Lipinski definition) is 6. The number of piperazine rings is 1. The van der Waals surface area contributed by atoms with Crippen LogP contribution in [0.4, 0.5) is 0 Å². The third-order valence-electron chi connectivity index (χ3n) is 10.1. The maximum Gasteiger partial charge on any atom is 0.254 e. The molecule has 3 saturated heterocycles. The molecule has 3 aliphatic rings. The Morgan fingerprint density at radius 2 is 1.39 bits per heavy atom. The van der Waals surface area contributed by atoms with Gasteiger partial charge in [0.15, 0.2) is 0 Å². The maximum atomic E-state index is 13.9. The van der Waals surface area contributed by atoms with E-state index in [1.807, 2.05) is 63.4 Å². The van der Waals surface area contributed by atoms with Crippen LogP contribution in [-0.2, 0) is 9.59 Å². The Kier molecular flexibility index (Phi) is 8.53. The maximum absolute atomic E-state index is 13.9. The minimum absolute atomic E-state index is 0.0255. The fraction of sp³-hybridized carbons (Fsp3) is 0.417. The third kappa shape index (κ3) is 6.26. The Balaban J connectivity index is 0.987. The van der Waals surface area contributed by atoms with Crippen LogP contribution >= 0.6 is 0 Å². The summed E-state index contributed by atoms with van der Waals surface area (Å²) in [5, 5.41) is 1.10. The fourth-order valence-corrected chi connectivity index (χ4v) is 7.31. The lowest BCUT2D eigenvalue weighted by Crippen LogP contribution is -2.55. The van der Waals surface area contributed by atoms with E-state index in [1.165, 1.54) is 0 Å². The fourth-order valence-electron chi connectivity index (χ4n) is 7.31. The highest BCUT2D eigenvalue weighted by molar-refractivity contribution is 5.97. The second kappa shape index (κ2) is 13.0. The largest absolute Gasteiger partial charge is 0.361 e. The second-order valence-electron chi connectivity index (χ2n) is 12.8. The number of H-pyrrole nitrogens is 1. The Labute approximate surface area is 269 Å². The summed E-state index contributed by atoms with van der Waals surface area (Å²) in [6.07, 6.45) is 8.86. The average Bonchev–Trinajstić information content (AvgIpc) is 3.60. The van der Waals surface area contributed by atoms with Crippen molar-refractivity contribution in [2.45, 2.75) is 38.6 Å². The minimum atomic E-state index is 0.0255. The lowest BCUT2D eigenvalue weighted by atomic mass is 9.93. The molecule has 0 aliphatic carbocycles. The molecule has 3 aliphatic heterocycles. The van der Waals surface area contributed by atoms with Gasteiger partial charge in [0.2, 0.25) is 11.8 Å². The van der Waals surface area contributed by atoms with Gasteiger partial charge in [-0.1, -0.05) is 6.07 Å². The molecule has 0 atom stereocenters. The first kappa shape index (κ1) is 30.1. The second-order valence-corrected chi connectivity index (χ2v) is 12.8. The van der Waals surface area contributed by atoms with Gasteiger partial charge in [-0.25, -0.2) is 4.98 Å². The number of likely N-dealkylation sites (tertiary alicyclic amines) is 2. The number of hydrogen-bond donors (Lipinski definition) is 1. The molecule has 1 N–H and O–H groups in total. The zero-order chi connectivity index (χ0) is 31.6. The Morgan fingerprint density at radius 1 is 0.717 bits per heavy atom. The molecule has 0 spiro atoms. The van der Waals surface area contributed by atoms with Crippen LogP contribution < -0.4 is 0 Å². The van der Waals surface area contributed by atoms with Crippen molar-refractivity contribution in [1.82, 2.24) is 34.6 Å². The molecular formula is C36H41N7O3. The van der Waals surface area contributed by atoms with Crippen molar-refractivity contribution < 1.29 is 14.4 Å². The molecule has 0 bridgehead atoms. The van der Waals surface area contributed by atoms with Gasteiger partial charge in [-0.3, -0.25) is 24.3 Å². The molecule has 3 amide bonds. The standard InChI is InChI=1S/C36H41N7O3/c1-25(44)40-14-7-27(8-15-40)35(45)42-16-9-31(10-17-42)41-18-20-43(21-19-41)36(46)30-23-33(26-4-11-37-12-5-26)39-34(24-30)28-2-3-32-29(22-28)6-13-38-32/h2-6,11-13,22-24,27,31,38H,7-10,14-21H2,1H3. The molecule has 238 valence electrons. The van der Waals surface area contributed by atoms with Gasteiger partial charge in [0.05, 0.1) is 11.4 Å². The Hall–Kier alpha value is -4.57. The first-order valence-corrected chi connectivity index (χ1v) is 16.5. The topological polar surface area (TPSA) is 106 Å². The molecule has 0 radical (unpaired) electrons. The summed E-state index contributed by atoms with van der Waals surface area (Å²) in [5.41, 5.74) is 5.11. The number of carbonyl (C=O) groups excluding carboxylic acids is 3. The molecule has 10 nitrogen and oxygen atoms in total. The Morgan fingerprint density at radius 3 is 2.09 bits per heavy atom. The monoisotopic (exact) mass is 619 g/mol.